The molecule has 1 heterocycles. The lowest BCUT2D eigenvalue weighted by Crippen LogP contribution is -2.40. The molecule has 0 aliphatic heterocycles. The first-order valence-corrected chi connectivity index (χ1v) is 12.0. The van der Waals surface area contributed by atoms with Gasteiger partial charge < -0.3 is 9.64 Å². The van der Waals surface area contributed by atoms with Gasteiger partial charge in [-0.05, 0) is 54.4 Å². The number of halogens is 1. The quantitative estimate of drug-likeness (QED) is 0.333. The Hall–Kier alpha value is -4.46. The van der Waals surface area contributed by atoms with Gasteiger partial charge in [-0.1, -0.05) is 44.2 Å². The van der Waals surface area contributed by atoms with Crippen LogP contribution in [-0.4, -0.2) is 46.5 Å². The lowest BCUT2D eigenvalue weighted by atomic mass is 10.1. The highest BCUT2D eigenvalue weighted by atomic mass is 19.1. The molecule has 0 saturated carbocycles. The highest BCUT2D eigenvalue weighted by Gasteiger charge is 2.23. The third-order valence-electron chi connectivity index (χ3n) is 5.69. The van der Waals surface area contributed by atoms with Crippen LogP contribution in [0, 0.1) is 11.7 Å². The predicted molar refractivity (Wildman–Crippen MR) is 141 cm³/mol. The molecule has 190 valence electrons. The van der Waals surface area contributed by atoms with Crippen LogP contribution < -0.4 is 10.1 Å². The van der Waals surface area contributed by atoms with Crippen LogP contribution in [0.15, 0.2) is 85.1 Å². The molecule has 4 aromatic rings. The third-order valence-corrected chi connectivity index (χ3v) is 5.69. The monoisotopic (exact) mass is 500 g/mol. The summed E-state index contributed by atoms with van der Waals surface area (Å²) in [5.41, 5.74) is 2.25. The zero-order chi connectivity index (χ0) is 26.4. The number of methoxy groups -OCH3 is 1. The van der Waals surface area contributed by atoms with Crippen molar-refractivity contribution >= 4 is 17.8 Å². The molecule has 0 fully saturated rings. The summed E-state index contributed by atoms with van der Waals surface area (Å²) in [5.74, 6) is -0.474. The Morgan fingerprint density at radius 1 is 1.00 bits per heavy atom. The predicted octanol–water partition coefficient (Wildman–Crippen LogP) is 5.42. The standard InChI is InChI=1S/C29H29FN4O3/c1-20(2)17-33(28(36)24-11-7-8-12-25(24)30)19-27(35)32-29-31-26(21-13-15-23(37-3)16-14-21)18-34(29)22-9-5-4-6-10-22/h4-16,18,20H,17,19H2,1-3H3,(H,31,32,35). The van der Waals surface area contributed by atoms with Gasteiger partial charge in [0.1, 0.15) is 18.1 Å². The maximum Gasteiger partial charge on any atom is 0.257 e. The third kappa shape index (κ3) is 6.22. The molecule has 0 bridgehead atoms. The normalized spacial score (nSPS) is 10.8. The molecule has 0 aliphatic rings. The second-order valence-electron chi connectivity index (χ2n) is 8.99. The van der Waals surface area contributed by atoms with Crippen molar-refractivity contribution in [2.24, 2.45) is 5.92 Å². The molecule has 3 aromatic carbocycles. The fourth-order valence-corrected chi connectivity index (χ4v) is 3.96. The summed E-state index contributed by atoms with van der Waals surface area (Å²) in [6.07, 6.45) is 1.84. The van der Waals surface area contributed by atoms with E-state index in [9.17, 15) is 14.0 Å². The lowest BCUT2D eigenvalue weighted by molar-refractivity contribution is -0.117. The number of hydrogen-bond donors (Lipinski definition) is 1. The topological polar surface area (TPSA) is 76.5 Å². The summed E-state index contributed by atoms with van der Waals surface area (Å²) in [7, 11) is 1.60. The van der Waals surface area contributed by atoms with E-state index in [0.717, 1.165) is 17.0 Å². The summed E-state index contributed by atoms with van der Waals surface area (Å²) in [6.45, 7) is 3.92. The van der Waals surface area contributed by atoms with E-state index in [1.54, 1.807) is 17.7 Å². The molecule has 7 nitrogen and oxygen atoms in total. The zero-order valence-corrected chi connectivity index (χ0v) is 21.0. The van der Waals surface area contributed by atoms with E-state index >= 15 is 0 Å². The number of anilines is 1. The van der Waals surface area contributed by atoms with E-state index in [0.29, 0.717) is 18.2 Å². The largest absolute Gasteiger partial charge is 0.497 e. The van der Waals surface area contributed by atoms with Gasteiger partial charge in [0.2, 0.25) is 11.9 Å². The summed E-state index contributed by atoms with van der Waals surface area (Å²) >= 11 is 0. The van der Waals surface area contributed by atoms with E-state index < -0.39 is 17.6 Å². The van der Waals surface area contributed by atoms with Crippen LogP contribution in [0.2, 0.25) is 0 Å². The first-order chi connectivity index (χ1) is 17.9. The van der Waals surface area contributed by atoms with Gasteiger partial charge in [-0.2, -0.15) is 0 Å². The number of carbonyl (C=O) groups excluding carboxylic acids is 2. The average Bonchev–Trinajstić information content (AvgIpc) is 3.32. The highest BCUT2D eigenvalue weighted by Crippen LogP contribution is 2.26. The van der Waals surface area contributed by atoms with Gasteiger partial charge in [0.15, 0.2) is 0 Å². The number of nitrogens with zero attached hydrogens (tertiary/aromatic N) is 3. The average molecular weight is 501 g/mol. The minimum Gasteiger partial charge on any atom is -0.497 e. The van der Waals surface area contributed by atoms with Gasteiger partial charge in [-0.25, -0.2) is 9.37 Å². The van der Waals surface area contributed by atoms with Crippen LogP contribution >= 0.6 is 0 Å². The Morgan fingerprint density at radius 2 is 1.68 bits per heavy atom. The Balaban J connectivity index is 1.61. The Labute approximate surface area is 215 Å². The molecule has 0 aliphatic carbocycles. The van der Waals surface area contributed by atoms with Crippen molar-refractivity contribution in [2.75, 3.05) is 25.5 Å². The Kier molecular flexibility index (Phi) is 7.98. The van der Waals surface area contributed by atoms with Gasteiger partial charge in [-0.3, -0.25) is 19.5 Å². The molecule has 0 saturated heterocycles. The summed E-state index contributed by atoms with van der Waals surface area (Å²) in [4.78, 5) is 32.3. The van der Waals surface area contributed by atoms with Crippen LogP contribution in [0.25, 0.3) is 16.9 Å². The number of aromatic nitrogens is 2. The number of carbonyl (C=O) groups is 2. The number of imidazole rings is 1. The molecule has 1 aromatic heterocycles. The van der Waals surface area contributed by atoms with Crippen LogP contribution in [0.3, 0.4) is 0 Å². The van der Waals surface area contributed by atoms with Crippen LogP contribution in [0.4, 0.5) is 10.3 Å². The summed E-state index contributed by atoms with van der Waals surface area (Å²) in [5, 5.41) is 2.85. The maximum absolute atomic E-state index is 14.3. The summed E-state index contributed by atoms with van der Waals surface area (Å²) < 4.78 is 21.3. The number of amides is 2. The second-order valence-corrected chi connectivity index (χ2v) is 8.99. The van der Waals surface area contributed by atoms with Crippen molar-refractivity contribution in [1.29, 1.82) is 0 Å². The zero-order valence-electron chi connectivity index (χ0n) is 21.0. The van der Waals surface area contributed by atoms with E-state index in [1.165, 1.54) is 23.1 Å². The van der Waals surface area contributed by atoms with E-state index in [4.69, 9.17) is 4.74 Å². The molecule has 0 spiro atoms. The molecule has 0 atom stereocenters. The Bertz CT molecular complexity index is 1370. The van der Waals surface area contributed by atoms with Crippen LogP contribution in [0.1, 0.15) is 24.2 Å². The number of ether oxygens (including phenoxy) is 1. The van der Waals surface area contributed by atoms with Crippen molar-refractivity contribution in [1.82, 2.24) is 14.5 Å². The molecule has 37 heavy (non-hydrogen) atoms. The van der Waals surface area contributed by atoms with Crippen molar-refractivity contribution in [2.45, 2.75) is 13.8 Å². The van der Waals surface area contributed by atoms with Crippen LogP contribution in [0.5, 0.6) is 5.75 Å². The van der Waals surface area contributed by atoms with E-state index in [2.05, 4.69) is 10.3 Å². The van der Waals surface area contributed by atoms with Gasteiger partial charge in [0, 0.05) is 24.0 Å². The SMILES string of the molecule is COc1ccc(-c2cn(-c3ccccc3)c(NC(=O)CN(CC(C)C)C(=O)c3ccccc3F)n2)cc1. The molecular weight excluding hydrogens is 471 g/mol. The summed E-state index contributed by atoms with van der Waals surface area (Å²) in [6, 6.07) is 22.7. The first kappa shape index (κ1) is 25.6. The Morgan fingerprint density at radius 3 is 2.32 bits per heavy atom. The number of benzene rings is 3. The molecule has 4 rings (SSSR count). The van der Waals surface area contributed by atoms with Crippen molar-refractivity contribution in [3.63, 3.8) is 0 Å². The second kappa shape index (κ2) is 11.5. The van der Waals surface area contributed by atoms with Gasteiger partial charge in [-0.15, -0.1) is 0 Å². The molecule has 2 amide bonds. The lowest BCUT2D eigenvalue weighted by Gasteiger charge is -2.24. The maximum atomic E-state index is 14.3. The molecule has 0 unspecified atom stereocenters. The van der Waals surface area contributed by atoms with E-state index in [-0.39, 0.29) is 18.0 Å². The van der Waals surface area contributed by atoms with Gasteiger partial charge in [0.05, 0.1) is 18.4 Å². The van der Waals surface area contributed by atoms with Crippen molar-refractivity contribution in [3.8, 4) is 22.7 Å². The molecule has 8 heteroatoms. The van der Waals surface area contributed by atoms with Gasteiger partial charge in [0.25, 0.3) is 5.91 Å². The van der Waals surface area contributed by atoms with Gasteiger partial charge >= 0.3 is 0 Å². The molecule has 1 N–H and O–H groups in total. The minimum atomic E-state index is -0.620. The van der Waals surface area contributed by atoms with E-state index in [1.807, 2.05) is 74.6 Å². The fourth-order valence-electron chi connectivity index (χ4n) is 3.96. The van der Waals surface area contributed by atoms with Crippen molar-refractivity contribution < 1.29 is 18.7 Å². The molecular formula is C29H29FN4O3. The van der Waals surface area contributed by atoms with Crippen molar-refractivity contribution in [3.05, 3.63) is 96.4 Å². The fraction of sp³-hybridized carbons (Fsp3) is 0.207. The minimum absolute atomic E-state index is 0.0662. The van der Waals surface area contributed by atoms with Crippen LogP contribution in [-0.2, 0) is 4.79 Å². The number of hydrogen-bond acceptors (Lipinski definition) is 4. The number of rotatable bonds is 9. The smallest absolute Gasteiger partial charge is 0.257 e. The number of nitrogens with one attached hydrogen (secondary N) is 1. The first-order valence-electron chi connectivity index (χ1n) is 12.0. The molecule has 0 radical (unpaired) electrons. The highest BCUT2D eigenvalue weighted by molar-refractivity contribution is 5.99. The number of para-hydroxylation sites is 1.